The molecule has 1 saturated carbocycles. The molecule has 1 N–H and O–H groups in total. The number of aryl methyl sites for hydroxylation is 1. The summed E-state index contributed by atoms with van der Waals surface area (Å²) >= 11 is 0. The Labute approximate surface area is 240 Å². The molecule has 0 saturated heterocycles. The largest absolute Gasteiger partial charge is 0.486 e. The molecular formula is C34H35N3O4. The van der Waals surface area contributed by atoms with Crippen molar-refractivity contribution in [2.45, 2.75) is 58.2 Å². The lowest BCUT2D eigenvalue weighted by atomic mass is 9.86. The van der Waals surface area contributed by atoms with Crippen LogP contribution in [0.1, 0.15) is 75.9 Å². The van der Waals surface area contributed by atoms with Gasteiger partial charge in [-0.1, -0.05) is 48.7 Å². The molecule has 0 radical (unpaired) electrons. The van der Waals surface area contributed by atoms with Crippen molar-refractivity contribution in [1.29, 1.82) is 0 Å². The van der Waals surface area contributed by atoms with Gasteiger partial charge in [0.1, 0.15) is 18.1 Å². The Morgan fingerprint density at radius 2 is 1.78 bits per heavy atom. The number of rotatable bonds is 8. The monoisotopic (exact) mass is 549 g/mol. The molecule has 7 heteroatoms. The summed E-state index contributed by atoms with van der Waals surface area (Å²) in [7, 11) is 0. The molecule has 210 valence electrons. The Bertz CT molecular complexity index is 1510. The van der Waals surface area contributed by atoms with Crippen LogP contribution in [0, 0.1) is 12.8 Å². The first-order valence-corrected chi connectivity index (χ1v) is 14.4. The zero-order valence-electron chi connectivity index (χ0n) is 23.3. The maximum Gasteiger partial charge on any atom is 0.287 e. The van der Waals surface area contributed by atoms with Crippen LogP contribution in [0.15, 0.2) is 83.5 Å². The predicted octanol–water partition coefficient (Wildman–Crippen LogP) is 6.16. The summed E-state index contributed by atoms with van der Waals surface area (Å²) in [5, 5.41) is 2.86. The van der Waals surface area contributed by atoms with Crippen LogP contribution < -0.4 is 10.1 Å². The summed E-state index contributed by atoms with van der Waals surface area (Å²) in [5.41, 5.74) is 5.63. The van der Waals surface area contributed by atoms with E-state index in [1.807, 2.05) is 18.2 Å². The summed E-state index contributed by atoms with van der Waals surface area (Å²) in [4.78, 5) is 32.3. The topological polar surface area (TPSA) is 84.7 Å². The number of carbonyl (C=O) groups excluding carboxylic acids is 2. The van der Waals surface area contributed by atoms with Crippen LogP contribution >= 0.6 is 0 Å². The normalized spacial score (nSPS) is 16.8. The fourth-order valence-corrected chi connectivity index (χ4v) is 5.94. The predicted molar refractivity (Wildman–Crippen MR) is 155 cm³/mol. The van der Waals surface area contributed by atoms with Gasteiger partial charge in [0.15, 0.2) is 5.76 Å². The average Bonchev–Trinajstić information content (AvgIpc) is 3.72. The lowest BCUT2D eigenvalue weighted by Gasteiger charge is -2.39. The quantitative estimate of drug-likeness (QED) is 0.285. The zero-order valence-corrected chi connectivity index (χ0v) is 23.3. The Morgan fingerprint density at radius 1 is 1.00 bits per heavy atom. The first-order valence-electron chi connectivity index (χ1n) is 14.4. The van der Waals surface area contributed by atoms with Crippen LogP contribution in [-0.2, 0) is 24.4 Å². The van der Waals surface area contributed by atoms with E-state index in [2.05, 4.69) is 58.5 Å². The Balaban J connectivity index is 1.18. The van der Waals surface area contributed by atoms with Crippen LogP contribution in [-0.4, -0.2) is 28.2 Å². The SMILES string of the molecule is Cc1ccc(C2c3cc(OCc4ccc(C(=O)NCc5ccncc5)o4)ccc3CCN2C(=O)C2CCCC2)cc1. The highest BCUT2D eigenvalue weighted by molar-refractivity contribution is 5.91. The fraction of sp³-hybridized carbons (Fsp3) is 0.324. The van der Waals surface area contributed by atoms with Gasteiger partial charge in [-0.25, -0.2) is 0 Å². The van der Waals surface area contributed by atoms with Crippen LogP contribution in [0.4, 0.5) is 0 Å². The third-order valence-electron chi connectivity index (χ3n) is 8.20. The number of ether oxygens (including phenoxy) is 1. The van der Waals surface area contributed by atoms with Crippen LogP contribution in [0.3, 0.4) is 0 Å². The van der Waals surface area contributed by atoms with Gasteiger partial charge in [-0.05, 0) is 84.8 Å². The van der Waals surface area contributed by atoms with Gasteiger partial charge in [0.25, 0.3) is 5.91 Å². The maximum atomic E-state index is 13.7. The molecule has 4 aromatic rings. The smallest absolute Gasteiger partial charge is 0.287 e. The molecule has 1 fully saturated rings. The van der Waals surface area contributed by atoms with E-state index in [0.29, 0.717) is 18.1 Å². The van der Waals surface area contributed by atoms with Crippen molar-refractivity contribution in [2.24, 2.45) is 5.92 Å². The van der Waals surface area contributed by atoms with Gasteiger partial charge in [0.2, 0.25) is 5.91 Å². The van der Waals surface area contributed by atoms with E-state index >= 15 is 0 Å². The third kappa shape index (κ3) is 6.04. The number of hydrogen-bond donors (Lipinski definition) is 1. The van der Waals surface area contributed by atoms with Gasteiger partial charge in [-0.3, -0.25) is 14.6 Å². The van der Waals surface area contributed by atoms with Crippen LogP contribution in [0.5, 0.6) is 5.75 Å². The molecule has 1 aliphatic heterocycles. The molecule has 1 atom stereocenters. The van der Waals surface area contributed by atoms with Crippen LogP contribution in [0.2, 0.25) is 0 Å². The Hall–Kier alpha value is -4.39. The highest BCUT2D eigenvalue weighted by Gasteiger charge is 2.36. The maximum absolute atomic E-state index is 13.7. The molecule has 6 rings (SSSR count). The number of amides is 2. The molecule has 2 aromatic heterocycles. The molecule has 2 aliphatic rings. The second kappa shape index (κ2) is 12.0. The van der Waals surface area contributed by atoms with Gasteiger partial charge >= 0.3 is 0 Å². The van der Waals surface area contributed by atoms with Gasteiger partial charge in [0.05, 0.1) is 6.04 Å². The number of carbonyl (C=O) groups is 2. The van der Waals surface area contributed by atoms with Crippen molar-refractivity contribution in [2.75, 3.05) is 6.54 Å². The van der Waals surface area contributed by atoms with Crippen molar-refractivity contribution < 1.29 is 18.7 Å². The standard InChI is InChI=1S/C34H35N3O4/c1-23-6-8-26(9-7-23)32-30-20-28(11-10-25(30)16-19-37(32)34(39)27-4-2-3-5-27)40-22-29-12-13-31(41-29)33(38)36-21-24-14-17-35-18-15-24/h6-15,17-18,20,27,32H,2-5,16,19,21-22H2,1H3,(H,36,38). The van der Waals surface area contributed by atoms with E-state index in [9.17, 15) is 9.59 Å². The van der Waals surface area contributed by atoms with Crippen LogP contribution in [0.25, 0.3) is 0 Å². The van der Waals surface area contributed by atoms with Gasteiger partial charge < -0.3 is 19.4 Å². The lowest BCUT2D eigenvalue weighted by molar-refractivity contribution is -0.137. The molecule has 41 heavy (non-hydrogen) atoms. The van der Waals surface area contributed by atoms with Crippen molar-refractivity contribution >= 4 is 11.8 Å². The molecule has 2 aromatic carbocycles. The molecule has 1 aliphatic carbocycles. The third-order valence-corrected chi connectivity index (χ3v) is 8.20. The summed E-state index contributed by atoms with van der Waals surface area (Å²) < 4.78 is 11.9. The molecule has 3 heterocycles. The first-order chi connectivity index (χ1) is 20.0. The second-order valence-electron chi connectivity index (χ2n) is 11.0. The lowest BCUT2D eigenvalue weighted by Crippen LogP contribution is -2.43. The number of hydrogen-bond acceptors (Lipinski definition) is 5. The van der Waals surface area contributed by atoms with E-state index in [4.69, 9.17) is 9.15 Å². The van der Waals surface area contributed by atoms with Gasteiger partial charge in [-0.15, -0.1) is 0 Å². The first kappa shape index (κ1) is 26.8. The number of nitrogens with zero attached hydrogens (tertiary/aromatic N) is 2. The minimum Gasteiger partial charge on any atom is -0.486 e. The molecular weight excluding hydrogens is 514 g/mol. The number of pyridine rings is 1. The second-order valence-corrected chi connectivity index (χ2v) is 11.0. The number of fused-ring (bicyclic) bond motifs is 1. The number of benzene rings is 2. The number of nitrogens with one attached hydrogen (secondary N) is 1. The van der Waals surface area contributed by atoms with Crippen molar-refractivity contribution in [3.05, 3.63) is 118 Å². The highest BCUT2D eigenvalue weighted by atomic mass is 16.5. The van der Waals surface area contributed by atoms with Crippen molar-refractivity contribution in [1.82, 2.24) is 15.2 Å². The number of aromatic nitrogens is 1. The fourth-order valence-electron chi connectivity index (χ4n) is 5.94. The van der Waals surface area contributed by atoms with Crippen molar-refractivity contribution in [3.8, 4) is 5.75 Å². The summed E-state index contributed by atoms with van der Waals surface area (Å²) in [5.74, 6) is 1.62. The highest BCUT2D eigenvalue weighted by Crippen LogP contribution is 2.40. The minimum atomic E-state index is -0.283. The number of furan rings is 1. The average molecular weight is 550 g/mol. The Kier molecular flexibility index (Phi) is 7.85. The Morgan fingerprint density at radius 3 is 2.56 bits per heavy atom. The molecule has 0 spiro atoms. The summed E-state index contributed by atoms with van der Waals surface area (Å²) in [6, 6.07) is 21.7. The molecule has 0 bridgehead atoms. The molecule has 2 amide bonds. The van der Waals surface area contributed by atoms with E-state index in [0.717, 1.165) is 55.3 Å². The van der Waals surface area contributed by atoms with E-state index in [-0.39, 0.29) is 36.1 Å². The molecule has 7 nitrogen and oxygen atoms in total. The van der Waals surface area contributed by atoms with Gasteiger partial charge in [0, 0.05) is 31.4 Å². The summed E-state index contributed by atoms with van der Waals surface area (Å²) in [6.07, 6.45) is 8.45. The molecule has 1 unspecified atom stereocenters. The summed E-state index contributed by atoms with van der Waals surface area (Å²) in [6.45, 7) is 3.39. The van der Waals surface area contributed by atoms with E-state index in [1.165, 1.54) is 11.1 Å². The van der Waals surface area contributed by atoms with E-state index < -0.39 is 0 Å². The zero-order chi connectivity index (χ0) is 28.2. The minimum absolute atomic E-state index is 0.124. The van der Waals surface area contributed by atoms with Gasteiger partial charge in [-0.2, -0.15) is 0 Å². The van der Waals surface area contributed by atoms with Crippen molar-refractivity contribution in [3.63, 3.8) is 0 Å². The van der Waals surface area contributed by atoms with E-state index in [1.54, 1.807) is 24.5 Å².